The van der Waals surface area contributed by atoms with Gasteiger partial charge in [-0.2, -0.15) is 0 Å². The van der Waals surface area contributed by atoms with Crippen LogP contribution in [0.15, 0.2) is 41.8 Å². The number of nitrogens with one attached hydrogen (secondary N) is 1. The fourth-order valence-corrected chi connectivity index (χ4v) is 2.29. The lowest BCUT2D eigenvalue weighted by molar-refractivity contribution is -0.115. The van der Waals surface area contributed by atoms with E-state index in [-0.39, 0.29) is 18.3 Å². The van der Waals surface area contributed by atoms with Gasteiger partial charge in [-0.3, -0.25) is 9.59 Å². The van der Waals surface area contributed by atoms with Gasteiger partial charge in [0.15, 0.2) is 12.4 Å². The summed E-state index contributed by atoms with van der Waals surface area (Å²) >= 11 is 1.26. The Bertz CT molecular complexity index is 662. The summed E-state index contributed by atoms with van der Waals surface area (Å²) in [6.45, 7) is 1.45. The molecule has 1 aromatic carbocycles. The summed E-state index contributed by atoms with van der Waals surface area (Å²) in [5.41, 5.74) is 1.05. The van der Waals surface area contributed by atoms with Gasteiger partial charge in [0.1, 0.15) is 4.88 Å². The zero-order chi connectivity index (χ0) is 15.9. The number of ether oxygens (including phenoxy) is 1. The number of carbonyl (C=O) groups excluding carboxylic acids is 3. The van der Waals surface area contributed by atoms with Crippen LogP contribution in [0.2, 0.25) is 0 Å². The average Bonchev–Trinajstić information content (AvgIpc) is 3.07. The summed E-state index contributed by atoms with van der Waals surface area (Å²) < 4.78 is 4.97. The van der Waals surface area contributed by atoms with Crippen LogP contribution in [0.3, 0.4) is 0 Å². The highest BCUT2D eigenvalue weighted by Gasteiger charge is 2.12. The van der Waals surface area contributed by atoms with Crippen molar-refractivity contribution in [3.63, 3.8) is 0 Å². The third-order valence-corrected chi connectivity index (χ3v) is 3.72. The normalized spacial score (nSPS) is 10.0. The van der Waals surface area contributed by atoms with Crippen molar-refractivity contribution in [3.05, 3.63) is 52.2 Å². The van der Waals surface area contributed by atoms with E-state index in [1.807, 2.05) is 0 Å². The minimum Gasteiger partial charge on any atom is -0.453 e. The molecule has 1 heterocycles. The van der Waals surface area contributed by atoms with E-state index < -0.39 is 5.97 Å². The number of Topliss-reactive ketones (excluding diaryl/α,β-unsaturated/α-hetero) is 1. The number of thiophene rings is 1. The number of hydrogen-bond acceptors (Lipinski definition) is 5. The average molecular weight is 317 g/mol. The van der Waals surface area contributed by atoms with Crippen molar-refractivity contribution in [2.75, 3.05) is 11.9 Å². The Morgan fingerprint density at radius 1 is 1.14 bits per heavy atom. The molecule has 5 nitrogen and oxygen atoms in total. The molecule has 6 heteroatoms. The first-order valence-corrected chi connectivity index (χ1v) is 7.62. The molecular weight excluding hydrogens is 302 g/mol. The molecule has 22 heavy (non-hydrogen) atoms. The molecule has 1 amide bonds. The summed E-state index contributed by atoms with van der Waals surface area (Å²) in [4.78, 5) is 35.3. The van der Waals surface area contributed by atoms with E-state index in [2.05, 4.69) is 5.32 Å². The van der Waals surface area contributed by atoms with E-state index in [0.29, 0.717) is 22.5 Å². The number of esters is 1. The van der Waals surface area contributed by atoms with E-state index in [0.717, 1.165) is 0 Å². The van der Waals surface area contributed by atoms with E-state index >= 15 is 0 Å². The molecule has 0 aliphatic rings. The minimum atomic E-state index is -0.504. The number of anilines is 1. The molecule has 114 valence electrons. The first-order valence-electron chi connectivity index (χ1n) is 6.74. The van der Waals surface area contributed by atoms with Gasteiger partial charge in [0.05, 0.1) is 0 Å². The molecule has 0 saturated carbocycles. The number of ketones is 1. The van der Waals surface area contributed by atoms with Gasteiger partial charge in [0, 0.05) is 17.7 Å². The van der Waals surface area contributed by atoms with Crippen molar-refractivity contribution in [2.24, 2.45) is 0 Å². The first-order chi connectivity index (χ1) is 10.6. The highest BCUT2D eigenvalue weighted by Crippen LogP contribution is 2.12. The number of carbonyl (C=O) groups is 3. The molecule has 0 aliphatic heterocycles. The fraction of sp³-hybridized carbons (Fsp3) is 0.188. The number of rotatable bonds is 6. The quantitative estimate of drug-likeness (QED) is 0.656. The molecule has 2 aromatic rings. The van der Waals surface area contributed by atoms with Crippen LogP contribution in [0.4, 0.5) is 5.69 Å². The second-order valence-corrected chi connectivity index (χ2v) is 5.40. The van der Waals surface area contributed by atoms with Crippen LogP contribution in [0.1, 0.15) is 33.4 Å². The Morgan fingerprint density at radius 2 is 1.86 bits per heavy atom. The summed E-state index contributed by atoms with van der Waals surface area (Å²) in [6, 6.07) is 9.85. The molecular formula is C16H15NO4S. The molecule has 0 aliphatic carbocycles. The van der Waals surface area contributed by atoms with Crippen molar-refractivity contribution in [2.45, 2.75) is 13.3 Å². The van der Waals surface area contributed by atoms with E-state index in [1.54, 1.807) is 48.7 Å². The summed E-state index contributed by atoms with van der Waals surface area (Å²) in [5.74, 6) is -0.891. The van der Waals surface area contributed by atoms with Gasteiger partial charge in [0.2, 0.25) is 5.91 Å². The standard InChI is InChI=1S/C16H15NO4S/c1-2-15(19)17-12-7-5-11(6-8-12)13(18)10-21-16(20)14-4-3-9-22-14/h3-9H,2,10H2,1H3,(H,17,19). The van der Waals surface area contributed by atoms with E-state index in [9.17, 15) is 14.4 Å². The van der Waals surface area contributed by atoms with Crippen LogP contribution in [-0.4, -0.2) is 24.3 Å². The molecule has 0 atom stereocenters. The molecule has 1 aromatic heterocycles. The van der Waals surface area contributed by atoms with Gasteiger partial charge < -0.3 is 10.1 Å². The van der Waals surface area contributed by atoms with Gasteiger partial charge in [-0.1, -0.05) is 13.0 Å². The van der Waals surface area contributed by atoms with Crippen LogP contribution in [0, 0.1) is 0 Å². The minimum absolute atomic E-state index is 0.0936. The van der Waals surface area contributed by atoms with Gasteiger partial charge in [-0.15, -0.1) is 11.3 Å². The molecule has 2 rings (SSSR count). The number of benzene rings is 1. The zero-order valence-electron chi connectivity index (χ0n) is 12.0. The molecule has 0 saturated heterocycles. The zero-order valence-corrected chi connectivity index (χ0v) is 12.8. The van der Waals surface area contributed by atoms with Gasteiger partial charge >= 0.3 is 5.97 Å². The monoisotopic (exact) mass is 317 g/mol. The highest BCUT2D eigenvalue weighted by atomic mass is 32.1. The maximum absolute atomic E-state index is 11.9. The predicted octanol–water partition coefficient (Wildman–Crippen LogP) is 3.14. The summed E-state index contributed by atoms with van der Waals surface area (Å²) in [5, 5.41) is 4.46. The molecule has 0 radical (unpaired) electrons. The van der Waals surface area contributed by atoms with E-state index in [4.69, 9.17) is 4.74 Å². The van der Waals surface area contributed by atoms with Crippen molar-refractivity contribution < 1.29 is 19.1 Å². The van der Waals surface area contributed by atoms with Crippen LogP contribution in [0.25, 0.3) is 0 Å². The van der Waals surface area contributed by atoms with Gasteiger partial charge in [-0.25, -0.2) is 4.79 Å². The third kappa shape index (κ3) is 4.26. The lowest BCUT2D eigenvalue weighted by atomic mass is 10.1. The molecule has 0 spiro atoms. The van der Waals surface area contributed by atoms with Crippen LogP contribution < -0.4 is 5.32 Å². The molecule has 0 unspecified atom stereocenters. The second kappa shape index (κ2) is 7.51. The van der Waals surface area contributed by atoms with Crippen molar-refractivity contribution in [1.82, 2.24) is 0 Å². The second-order valence-electron chi connectivity index (χ2n) is 4.46. The Labute approximate surface area is 131 Å². The Balaban J connectivity index is 1.90. The van der Waals surface area contributed by atoms with Crippen molar-refractivity contribution in [3.8, 4) is 0 Å². The predicted molar refractivity (Wildman–Crippen MR) is 84.3 cm³/mol. The van der Waals surface area contributed by atoms with Gasteiger partial charge in [0.25, 0.3) is 0 Å². The Morgan fingerprint density at radius 3 is 2.45 bits per heavy atom. The van der Waals surface area contributed by atoms with Crippen LogP contribution in [0.5, 0.6) is 0 Å². The Hall–Kier alpha value is -2.47. The van der Waals surface area contributed by atoms with Crippen LogP contribution in [-0.2, 0) is 9.53 Å². The first kappa shape index (κ1) is 15.9. The smallest absolute Gasteiger partial charge is 0.348 e. The van der Waals surface area contributed by atoms with E-state index in [1.165, 1.54) is 11.3 Å². The lowest BCUT2D eigenvalue weighted by Gasteiger charge is -2.06. The van der Waals surface area contributed by atoms with Crippen molar-refractivity contribution >= 4 is 34.7 Å². The third-order valence-electron chi connectivity index (χ3n) is 2.87. The molecule has 0 bridgehead atoms. The maximum Gasteiger partial charge on any atom is 0.348 e. The Kier molecular flexibility index (Phi) is 5.43. The maximum atomic E-state index is 11.9. The van der Waals surface area contributed by atoms with Crippen LogP contribution >= 0.6 is 11.3 Å². The number of hydrogen-bond donors (Lipinski definition) is 1. The lowest BCUT2D eigenvalue weighted by Crippen LogP contribution is -2.14. The number of amides is 1. The van der Waals surface area contributed by atoms with Crippen molar-refractivity contribution in [1.29, 1.82) is 0 Å². The topological polar surface area (TPSA) is 72.5 Å². The van der Waals surface area contributed by atoms with Gasteiger partial charge in [-0.05, 0) is 35.7 Å². The fourth-order valence-electron chi connectivity index (χ4n) is 1.67. The molecule has 0 fully saturated rings. The highest BCUT2D eigenvalue weighted by molar-refractivity contribution is 7.11. The largest absolute Gasteiger partial charge is 0.453 e. The summed E-state index contributed by atoms with van der Waals surface area (Å²) in [7, 11) is 0. The molecule has 1 N–H and O–H groups in total. The SMILES string of the molecule is CCC(=O)Nc1ccc(C(=O)COC(=O)c2cccs2)cc1. The summed E-state index contributed by atoms with van der Waals surface area (Å²) in [6.07, 6.45) is 0.388.